The van der Waals surface area contributed by atoms with Gasteiger partial charge in [-0.25, -0.2) is 0 Å². The SMILES string of the molecule is CC(CN)CS(=O)C(C)C. The minimum absolute atomic E-state index is 0.272. The van der Waals surface area contributed by atoms with Gasteiger partial charge >= 0.3 is 0 Å². The van der Waals surface area contributed by atoms with Crippen LogP contribution in [-0.2, 0) is 10.8 Å². The van der Waals surface area contributed by atoms with Crippen molar-refractivity contribution in [1.82, 2.24) is 0 Å². The highest BCUT2D eigenvalue weighted by Crippen LogP contribution is 2.00. The Hall–Kier alpha value is 0.110. The first kappa shape index (κ1) is 10.1. The van der Waals surface area contributed by atoms with E-state index in [0.717, 1.165) is 5.75 Å². The van der Waals surface area contributed by atoms with E-state index in [-0.39, 0.29) is 5.25 Å². The van der Waals surface area contributed by atoms with Crippen molar-refractivity contribution in [2.24, 2.45) is 11.7 Å². The first-order valence-corrected chi connectivity index (χ1v) is 5.03. The Morgan fingerprint density at radius 3 is 2.20 bits per heavy atom. The molecule has 62 valence electrons. The molecule has 0 rings (SSSR count). The molecule has 2 nitrogen and oxygen atoms in total. The average Bonchev–Trinajstić information content (AvgIpc) is 1.87. The molecule has 3 heteroatoms. The largest absolute Gasteiger partial charge is 0.330 e. The summed E-state index contributed by atoms with van der Waals surface area (Å²) in [5.41, 5.74) is 5.39. The third kappa shape index (κ3) is 4.01. The van der Waals surface area contributed by atoms with E-state index in [2.05, 4.69) is 0 Å². The second-order valence-electron chi connectivity index (χ2n) is 2.94. The Bertz CT molecular complexity index is 114. The van der Waals surface area contributed by atoms with Crippen LogP contribution in [0.25, 0.3) is 0 Å². The van der Waals surface area contributed by atoms with Crippen molar-refractivity contribution in [3.63, 3.8) is 0 Å². The molecular weight excluding hydrogens is 146 g/mol. The van der Waals surface area contributed by atoms with Crippen LogP contribution in [0.5, 0.6) is 0 Å². The van der Waals surface area contributed by atoms with Gasteiger partial charge in [0.05, 0.1) is 0 Å². The molecule has 0 aliphatic carbocycles. The van der Waals surface area contributed by atoms with Gasteiger partial charge in [-0.15, -0.1) is 0 Å². The van der Waals surface area contributed by atoms with Crippen molar-refractivity contribution in [3.8, 4) is 0 Å². The molecule has 0 fully saturated rings. The van der Waals surface area contributed by atoms with Gasteiger partial charge in [0.1, 0.15) is 0 Å². The van der Waals surface area contributed by atoms with Crippen molar-refractivity contribution in [2.75, 3.05) is 12.3 Å². The quantitative estimate of drug-likeness (QED) is 0.664. The predicted molar refractivity (Wildman–Crippen MR) is 46.4 cm³/mol. The van der Waals surface area contributed by atoms with Crippen LogP contribution in [0.4, 0.5) is 0 Å². The van der Waals surface area contributed by atoms with Gasteiger partial charge in [-0.3, -0.25) is 4.21 Å². The highest BCUT2D eigenvalue weighted by molar-refractivity contribution is 7.85. The van der Waals surface area contributed by atoms with Gasteiger partial charge in [0.2, 0.25) is 0 Å². The zero-order chi connectivity index (χ0) is 8.15. The van der Waals surface area contributed by atoms with E-state index in [1.807, 2.05) is 20.8 Å². The molecule has 0 radical (unpaired) electrons. The van der Waals surface area contributed by atoms with Crippen LogP contribution >= 0.6 is 0 Å². The number of hydrogen-bond acceptors (Lipinski definition) is 2. The molecule has 0 saturated carbocycles. The van der Waals surface area contributed by atoms with Crippen molar-refractivity contribution in [3.05, 3.63) is 0 Å². The first-order valence-electron chi connectivity index (χ1n) is 3.65. The van der Waals surface area contributed by atoms with Gasteiger partial charge in [0.15, 0.2) is 0 Å². The summed E-state index contributed by atoms with van der Waals surface area (Å²) in [6.45, 7) is 6.61. The van der Waals surface area contributed by atoms with E-state index < -0.39 is 10.8 Å². The lowest BCUT2D eigenvalue weighted by Gasteiger charge is -2.09. The maximum Gasteiger partial charge on any atom is 0.0291 e. The van der Waals surface area contributed by atoms with E-state index in [4.69, 9.17) is 5.73 Å². The fourth-order valence-electron chi connectivity index (χ4n) is 0.541. The topological polar surface area (TPSA) is 43.1 Å². The molecule has 10 heavy (non-hydrogen) atoms. The lowest BCUT2D eigenvalue weighted by atomic mass is 10.2. The van der Waals surface area contributed by atoms with Gasteiger partial charge in [0, 0.05) is 21.8 Å². The van der Waals surface area contributed by atoms with Crippen LogP contribution in [0, 0.1) is 5.92 Å². The normalized spacial score (nSPS) is 17.3. The first-order chi connectivity index (χ1) is 4.57. The molecule has 0 bridgehead atoms. The maximum absolute atomic E-state index is 11.2. The van der Waals surface area contributed by atoms with Crippen molar-refractivity contribution >= 4 is 10.8 Å². The minimum Gasteiger partial charge on any atom is -0.330 e. The fourth-order valence-corrected chi connectivity index (χ4v) is 1.62. The van der Waals surface area contributed by atoms with Gasteiger partial charge in [-0.1, -0.05) is 20.8 Å². The molecule has 0 aliphatic heterocycles. The molecule has 0 aromatic heterocycles. The van der Waals surface area contributed by atoms with Gasteiger partial charge < -0.3 is 5.73 Å². The summed E-state index contributed by atoms with van der Waals surface area (Å²) < 4.78 is 11.2. The van der Waals surface area contributed by atoms with Crippen LogP contribution in [-0.4, -0.2) is 21.8 Å². The van der Waals surface area contributed by atoms with E-state index in [1.54, 1.807) is 0 Å². The minimum atomic E-state index is -0.682. The molecule has 2 N–H and O–H groups in total. The molecule has 2 unspecified atom stereocenters. The third-order valence-electron chi connectivity index (χ3n) is 1.38. The molecule has 0 aromatic rings. The number of hydrogen-bond donors (Lipinski definition) is 1. The summed E-state index contributed by atoms with van der Waals surface area (Å²) in [6, 6.07) is 0. The summed E-state index contributed by atoms with van der Waals surface area (Å²) in [6.07, 6.45) is 0. The molecule has 0 heterocycles. The molecule has 0 saturated heterocycles. The molecule has 0 aliphatic rings. The van der Waals surface area contributed by atoms with Gasteiger partial charge in [-0.2, -0.15) is 0 Å². The van der Waals surface area contributed by atoms with Crippen molar-refractivity contribution in [2.45, 2.75) is 26.0 Å². The summed E-state index contributed by atoms with van der Waals surface area (Å²) in [5, 5.41) is 0.272. The van der Waals surface area contributed by atoms with E-state index in [9.17, 15) is 4.21 Å². The van der Waals surface area contributed by atoms with Gasteiger partial charge in [0.25, 0.3) is 0 Å². The second-order valence-corrected chi connectivity index (χ2v) is 4.97. The Labute approximate surface area is 65.6 Å². The van der Waals surface area contributed by atoms with E-state index in [0.29, 0.717) is 12.5 Å². The van der Waals surface area contributed by atoms with Crippen LogP contribution < -0.4 is 5.73 Å². The standard InChI is InChI=1S/C7H17NOS/c1-6(2)10(9)5-7(3)4-8/h6-7H,4-5,8H2,1-3H3. The van der Waals surface area contributed by atoms with Crippen molar-refractivity contribution < 1.29 is 4.21 Å². The van der Waals surface area contributed by atoms with E-state index >= 15 is 0 Å². The Balaban J connectivity index is 3.57. The van der Waals surface area contributed by atoms with Crippen LogP contribution in [0.1, 0.15) is 20.8 Å². The third-order valence-corrected chi connectivity index (χ3v) is 3.33. The van der Waals surface area contributed by atoms with Crippen LogP contribution in [0.2, 0.25) is 0 Å². The summed E-state index contributed by atoms with van der Waals surface area (Å²) in [5.74, 6) is 1.14. The Kier molecular flexibility index (Phi) is 4.91. The average molecular weight is 163 g/mol. The lowest BCUT2D eigenvalue weighted by molar-refractivity contribution is 0.636. The molecule has 2 atom stereocenters. The molecule has 0 amide bonds. The predicted octanol–water partition coefficient (Wildman–Crippen LogP) is 0.738. The van der Waals surface area contributed by atoms with Crippen molar-refractivity contribution in [1.29, 1.82) is 0 Å². The maximum atomic E-state index is 11.2. The number of rotatable bonds is 4. The Morgan fingerprint density at radius 1 is 1.40 bits per heavy atom. The van der Waals surface area contributed by atoms with Crippen LogP contribution in [0.15, 0.2) is 0 Å². The second kappa shape index (κ2) is 4.85. The van der Waals surface area contributed by atoms with E-state index in [1.165, 1.54) is 0 Å². The monoisotopic (exact) mass is 163 g/mol. The zero-order valence-corrected chi connectivity index (χ0v) is 7.78. The summed E-state index contributed by atoms with van der Waals surface area (Å²) in [4.78, 5) is 0. The fraction of sp³-hybridized carbons (Fsp3) is 1.00. The summed E-state index contributed by atoms with van der Waals surface area (Å²) in [7, 11) is -0.682. The zero-order valence-electron chi connectivity index (χ0n) is 6.96. The Morgan fingerprint density at radius 2 is 1.90 bits per heavy atom. The molecule has 0 spiro atoms. The number of nitrogens with two attached hydrogens (primary N) is 1. The van der Waals surface area contributed by atoms with Crippen LogP contribution in [0.3, 0.4) is 0 Å². The lowest BCUT2D eigenvalue weighted by Crippen LogP contribution is -2.21. The highest BCUT2D eigenvalue weighted by atomic mass is 32.2. The smallest absolute Gasteiger partial charge is 0.0291 e. The van der Waals surface area contributed by atoms with Gasteiger partial charge in [-0.05, 0) is 12.5 Å². The molecule has 0 aromatic carbocycles. The highest BCUT2D eigenvalue weighted by Gasteiger charge is 2.08. The molecular formula is C7H17NOS. The summed E-state index contributed by atoms with van der Waals surface area (Å²) >= 11 is 0.